The van der Waals surface area contributed by atoms with Crippen molar-refractivity contribution in [3.8, 4) is 0 Å². The van der Waals surface area contributed by atoms with E-state index in [1.165, 1.54) is 18.9 Å². The fourth-order valence-electron chi connectivity index (χ4n) is 2.76. The number of carbonyl (C=O) groups excluding carboxylic acids is 1. The largest absolute Gasteiger partial charge is 0.512 e. The number of aliphatic hydroxyl groups is 1. The molecule has 0 fully saturated rings. The minimum absolute atomic E-state index is 0.112. The summed E-state index contributed by atoms with van der Waals surface area (Å²) in [5.41, 5.74) is 0.259. The molecule has 0 spiro atoms. The van der Waals surface area contributed by atoms with Crippen LogP contribution in [0, 0.1) is 0 Å². The number of hydrogen-bond acceptors (Lipinski definition) is 3. The van der Waals surface area contributed by atoms with Gasteiger partial charge in [0.2, 0.25) is 0 Å². The smallest absolute Gasteiger partial charge is 0.335 e. The second-order valence-electron chi connectivity index (χ2n) is 5.40. The summed E-state index contributed by atoms with van der Waals surface area (Å²) in [5, 5.41) is 9.84. The molecule has 0 bridgehead atoms. The lowest BCUT2D eigenvalue weighted by Crippen LogP contribution is -2.35. The van der Waals surface area contributed by atoms with Gasteiger partial charge < -0.3 is 9.84 Å². The molecule has 0 saturated carbocycles. The maximum Gasteiger partial charge on any atom is 0.335 e. The fraction of sp³-hybridized carbons (Fsp3) is 0.471. The number of aliphatic hydroxyl groups excluding tert-OH is 1. The second-order valence-corrected chi connectivity index (χ2v) is 5.40. The zero-order chi connectivity index (χ0) is 14.4. The van der Waals surface area contributed by atoms with Gasteiger partial charge in [0.25, 0.3) is 0 Å². The molecule has 0 amide bonds. The molecule has 1 heterocycles. The zero-order valence-electron chi connectivity index (χ0n) is 12.0. The maximum absolute atomic E-state index is 11.7. The van der Waals surface area contributed by atoms with Crippen LogP contribution in [0.5, 0.6) is 0 Å². The summed E-state index contributed by atoms with van der Waals surface area (Å²) in [4.78, 5) is 11.7. The van der Waals surface area contributed by atoms with Gasteiger partial charge in [-0.2, -0.15) is 0 Å². The van der Waals surface area contributed by atoms with Gasteiger partial charge in [0.05, 0.1) is 6.08 Å². The molecular formula is C17H22O3. The van der Waals surface area contributed by atoms with Crippen LogP contribution >= 0.6 is 0 Å². The summed E-state index contributed by atoms with van der Waals surface area (Å²) in [6.07, 6.45) is 6.75. The molecule has 0 radical (unpaired) electrons. The standard InChI is InChI=1S/C17H22O3/c1-2-3-4-8-11-17(14-9-6-5-7-10-14)13-15(18)12-16(19)20-17/h5-7,9-10,12,18H,2-4,8,11,13H2,1H3/t17-/m0/s1. The lowest BCUT2D eigenvalue weighted by atomic mass is 9.83. The average molecular weight is 274 g/mol. The van der Waals surface area contributed by atoms with Gasteiger partial charge in [-0.3, -0.25) is 0 Å². The Morgan fingerprint density at radius 2 is 1.95 bits per heavy atom. The zero-order valence-corrected chi connectivity index (χ0v) is 12.0. The maximum atomic E-state index is 11.7. The van der Waals surface area contributed by atoms with E-state index in [2.05, 4.69) is 6.92 Å². The van der Waals surface area contributed by atoms with Crippen LogP contribution in [0.15, 0.2) is 42.2 Å². The summed E-state index contributed by atoms with van der Waals surface area (Å²) < 4.78 is 5.64. The first-order valence-corrected chi connectivity index (χ1v) is 7.34. The highest BCUT2D eigenvalue weighted by Crippen LogP contribution is 2.39. The Morgan fingerprint density at radius 3 is 2.60 bits per heavy atom. The highest BCUT2D eigenvalue weighted by molar-refractivity contribution is 5.84. The number of hydrogen-bond donors (Lipinski definition) is 1. The van der Waals surface area contributed by atoms with Crippen LogP contribution < -0.4 is 0 Å². The molecule has 0 aliphatic carbocycles. The van der Waals surface area contributed by atoms with Crippen LogP contribution in [0.3, 0.4) is 0 Å². The molecule has 1 aromatic rings. The van der Waals surface area contributed by atoms with Crippen molar-refractivity contribution in [3.63, 3.8) is 0 Å². The highest BCUT2D eigenvalue weighted by Gasteiger charge is 2.39. The summed E-state index contributed by atoms with van der Waals surface area (Å²) >= 11 is 0. The summed E-state index contributed by atoms with van der Waals surface area (Å²) in [7, 11) is 0. The normalized spacial score (nSPS) is 22.2. The van der Waals surface area contributed by atoms with Crippen molar-refractivity contribution in [1.29, 1.82) is 0 Å². The molecule has 1 atom stereocenters. The Balaban J connectivity index is 2.20. The van der Waals surface area contributed by atoms with Gasteiger partial charge in [0, 0.05) is 6.42 Å². The van der Waals surface area contributed by atoms with E-state index in [1.54, 1.807) is 0 Å². The quantitative estimate of drug-likeness (QED) is 0.623. The lowest BCUT2D eigenvalue weighted by molar-refractivity contribution is -0.159. The molecule has 0 saturated heterocycles. The molecule has 1 aliphatic heterocycles. The Kier molecular flexibility index (Phi) is 4.83. The third-order valence-corrected chi connectivity index (χ3v) is 3.78. The van der Waals surface area contributed by atoms with Gasteiger partial charge >= 0.3 is 5.97 Å². The number of cyclic esters (lactones) is 1. The summed E-state index contributed by atoms with van der Waals surface area (Å²) in [6.45, 7) is 2.17. The molecule has 0 aromatic heterocycles. The lowest BCUT2D eigenvalue weighted by Gasteiger charge is -2.36. The molecule has 0 unspecified atom stereocenters. The van der Waals surface area contributed by atoms with E-state index in [4.69, 9.17) is 4.74 Å². The molecule has 108 valence electrons. The van der Waals surface area contributed by atoms with Gasteiger partial charge in [-0.15, -0.1) is 0 Å². The predicted molar refractivity (Wildman–Crippen MR) is 78.3 cm³/mol. The van der Waals surface area contributed by atoms with Crippen molar-refractivity contribution in [2.45, 2.75) is 51.0 Å². The Bertz CT molecular complexity index is 478. The Labute approximate surface area is 120 Å². The van der Waals surface area contributed by atoms with Crippen molar-refractivity contribution in [3.05, 3.63) is 47.7 Å². The molecule has 1 N–H and O–H groups in total. The number of ether oxygens (including phenoxy) is 1. The van der Waals surface area contributed by atoms with Gasteiger partial charge in [-0.05, 0) is 18.4 Å². The first-order valence-electron chi connectivity index (χ1n) is 7.34. The number of esters is 1. The van der Waals surface area contributed by atoms with E-state index in [-0.39, 0.29) is 5.76 Å². The van der Waals surface area contributed by atoms with Gasteiger partial charge in [-0.1, -0.05) is 56.5 Å². The average Bonchev–Trinajstić information content (AvgIpc) is 2.44. The van der Waals surface area contributed by atoms with Crippen LogP contribution in [0.4, 0.5) is 0 Å². The van der Waals surface area contributed by atoms with Crippen molar-refractivity contribution in [2.75, 3.05) is 0 Å². The van der Waals surface area contributed by atoms with E-state index in [1.807, 2.05) is 30.3 Å². The molecule has 20 heavy (non-hydrogen) atoms. The fourth-order valence-corrected chi connectivity index (χ4v) is 2.76. The molecule has 1 aromatic carbocycles. The number of carbonyl (C=O) groups is 1. The van der Waals surface area contributed by atoms with Crippen molar-refractivity contribution in [2.24, 2.45) is 0 Å². The summed E-state index contributed by atoms with van der Waals surface area (Å²) in [6, 6.07) is 9.74. The molecule has 2 rings (SSSR count). The van der Waals surface area contributed by atoms with Crippen molar-refractivity contribution >= 4 is 5.97 Å². The highest BCUT2D eigenvalue weighted by atomic mass is 16.6. The van der Waals surface area contributed by atoms with Crippen LogP contribution in [0.25, 0.3) is 0 Å². The first-order chi connectivity index (χ1) is 9.66. The van der Waals surface area contributed by atoms with E-state index in [0.717, 1.165) is 24.8 Å². The Morgan fingerprint density at radius 1 is 1.20 bits per heavy atom. The predicted octanol–water partition coefficient (Wildman–Crippen LogP) is 4.24. The summed E-state index contributed by atoms with van der Waals surface area (Å²) in [5.74, 6) is -0.339. The van der Waals surface area contributed by atoms with Gasteiger partial charge in [0.15, 0.2) is 0 Å². The molecule has 3 nitrogen and oxygen atoms in total. The van der Waals surface area contributed by atoms with Crippen molar-refractivity contribution in [1.82, 2.24) is 0 Å². The van der Waals surface area contributed by atoms with Crippen LogP contribution in [-0.4, -0.2) is 11.1 Å². The Hall–Kier alpha value is -1.77. The molecule has 3 heteroatoms. The van der Waals surface area contributed by atoms with Crippen LogP contribution in [0.2, 0.25) is 0 Å². The molecule has 1 aliphatic rings. The van der Waals surface area contributed by atoms with Crippen LogP contribution in [0.1, 0.15) is 51.0 Å². The second kappa shape index (κ2) is 6.60. The van der Waals surface area contributed by atoms with Gasteiger partial charge in [0.1, 0.15) is 11.4 Å². The van der Waals surface area contributed by atoms with E-state index < -0.39 is 11.6 Å². The first kappa shape index (κ1) is 14.6. The van der Waals surface area contributed by atoms with Crippen LogP contribution in [-0.2, 0) is 15.1 Å². The monoisotopic (exact) mass is 274 g/mol. The molecular weight excluding hydrogens is 252 g/mol. The third kappa shape index (κ3) is 3.41. The topological polar surface area (TPSA) is 46.5 Å². The minimum Gasteiger partial charge on any atom is -0.512 e. The van der Waals surface area contributed by atoms with E-state index in [0.29, 0.717) is 6.42 Å². The van der Waals surface area contributed by atoms with E-state index in [9.17, 15) is 9.90 Å². The van der Waals surface area contributed by atoms with Crippen molar-refractivity contribution < 1.29 is 14.6 Å². The van der Waals surface area contributed by atoms with E-state index >= 15 is 0 Å². The minimum atomic E-state index is -0.703. The number of benzene rings is 1. The SMILES string of the molecule is CCCCCC[C@@]1(c2ccccc2)CC(O)=CC(=O)O1. The number of rotatable bonds is 6. The number of unbranched alkanes of at least 4 members (excludes halogenated alkanes) is 3. The third-order valence-electron chi connectivity index (χ3n) is 3.78. The van der Waals surface area contributed by atoms with Gasteiger partial charge in [-0.25, -0.2) is 4.79 Å².